The minimum absolute atomic E-state index is 0.0750. The molecule has 6 rings (SSSR count). The van der Waals surface area contributed by atoms with Gasteiger partial charge in [-0.05, 0) is 50.1 Å². The van der Waals surface area contributed by atoms with E-state index in [0.29, 0.717) is 48.7 Å². The van der Waals surface area contributed by atoms with Crippen molar-refractivity contribution in [2.75, 3.05) is 23.3 Å². The Balaban J connectivity index is 1.19. The molecule has 1 aliphatic rings. The summed E-state index contributed by atoms with van der Waals surface area (Å²) in [5, 5.41) is 4.07. The summed E-state index contributed by atoms with van der Waals surface area (Å²) >= 11 is 3.46. The van der Waals surface area contributed by atoms with E-state index in [1.165, 1.54) is 0 Å². The average Bonchev–Trinajstić information content (AvgIpc) is 3.02. The predicted molar refractivity (Wildman–Crippen MR) is 167 cm³/mol. The van der Waals surface area contributed by atoms with E-state index in [0.717, 1.165) is 32.2 Å². The Bertz CT molecular complexity index is 1730. The number of nitrogens with one attached hydrogen (secondary N) is 1. The van der Waals surface area contributed by atoms with Gasteiger partial charge in [-0.3, -0.25) is 9.59 Å². The van der Waals surface area contributed by atoms with Crippen LogP contribution in [0, 0.1) is 12.8 Å². The van der Waals surface area contributed by atoms with Gasteiger partial charge in [0.1, 0.15) is 0 Å². The summed E-state index contributed by atoms with van der Waals surface area (Å²) in [6.07, 6.45) is 1.33. The zero-order chi connectivity index (χ0) is 28.3. The number of amides is 1. The molecule has 1 N–H and O–H groups in total. The lowest BCUT2D eigenvalue weighted by atomic mass is 9.95. The van der Waals surface area contributed by atoms with Crippen LogP contribution in [0.2, 0.25) is 0 Å². The van der Waals surface area contributed by atoms with Crippen molar-refractivity contribution < 1.29 is 9.59 Å². The standard InChI is InChI=1S/C34H29BrN4O2/c1-22-12-14-29-27(20-22)31(23-8-4-2-5-9-23)38-34(37-29)39-18-16-25(17-19-39)33(41)36-30-15-13-26(35)21-28(30)32(40)24-10-6-3-7-11-24/h2-15,20-21,25H,16-19H2,1H3,(H,36,41). The molecule has 6 nitrogen and oxygen atoms in total. The zero-order valence-corrected chi connectivity index (χ0v) is 24.3. The summed E-state index contributed by atoms with van der Waals surface area (Å²) in [6, 6.07) is 30.9. The molecule has 0 spiro atoms. The van der Waals surface area contributed by atoms with E-state index in [4.69, 9.17) is 9.97 Å². The Labute approximate surface area is 247 Å². The third kappa shape index (κ3) is 5.77. The Kier molecular flexibility index (Phi) is 7.61. The number of piperidine rings is 1. The number of hydrogen-bond acceptors (Lipinski definition) is 5. The molecule has 0 bridgehead atoms. The number of carbonyl (C=O) groups excluding carboxylic acids is 2. The SMILES string of the molecule is Cc1ccc2nc(N3CCC(C(=O)Nc4ccc(Br)cc4C(=O)c4ccccc4)CC3)nc(-c3ccccc3)c2c1. The molecule has 1 aliphatic heterocycles. The van der Waals surface area contributed by atoms with E-state index in [1.807, 2.05) is 42.5 Å². The second kappa shape index (κ2) is 11.6. The van der Waals surface area contributed by atoms with Crippen LogP contribution in [0.15, 0.2) is 102 Å². The topological polar surface area (TPSA) is 75.2 Å². The molecule has 1 fully saturated rings. The van der Waals surface area contributed by atoms with Crippen molar-refractivity contribution in [3.8, 4) is 11.3 Å². The van der Waals surface area contributed by atoms with Gasteiger partial charge in [0.25, 0.3) is 0 Å². The Morgan fingerprint density at radius 3 is 2.29 bits per heavy atom. The summed E-state index contributed by atoms with van der Waals surface area (Å²) in [6.45, 7) is 3.41. The van der Waals surface area contributed by atoms with Crippen LogP contribution in [0.5, 0.6) is 0 Å². The number of halogens is 1. The number of fused-ring (bicyclic) bond motifs is 1. The molecule has 7 heteroatoms. The largest absolute Gasteiger partial charge is 0.341 e. The van der Waals surface area contributed by atoms with E-state index >= 15 is 0 Å². The molecule has 4 aromatic carbocycles. The fourth-order valence-corrected chi connectivity index (χ4v) is 5.68. The lowest BCUT2D eigenvalue weighted by Crippen LogP contribution is -2.39. The summed E-state index contributed by atoms with van der Waals surface area (Å²) in [7, 11) is 0. The van der Waals surface area contributed by atoms with Gasteiger partial charge >= 0.3 is 0 Å². The molecule has 1 aromatic heterocycles. The van der Waals surface area contributed by atoms with Gasteiger partial charge in [-0.2, -0.15) is 0 Å². The highest BCUT2D eigenvalue weighted by molar-refractivity contribution is 9.10. The van der Waals surface area contributed by atoms with Crippen molar-refractivity contribution in [3.63, 3.8) is 0 Å². The third-order valence-corrected chi connectivity index (χ3v) is 8.05. The fraction of sp³-hybridized carbons (Fsp3) is 0.176. The Morgan fingerprint density at radius 2 is 1.56 bits per heavy atom. The number of ketones is 1. The van der Waals surface area contributed by atoms with Gasteiger partial charge in [0, 0.05) is 45.6 Å². The minimum atomic E-state index is -0.175. The van der Waals surface area contributed by atoms with Gasteiger partial charge in [-0.25, -0.2) is 9.97 Å². The van der Waals surface area contributed by atoms with E-state index in [-0.39, 0.29) is 17.6 Å². The van der Waals surface area contributed by atoms with Crippen LogP contribution in [0.1, 0.15) is 34.3 Å². The van der Waals surface area contributed by atoms with Gasteiger partial charge in [0.05, 0.1) is 16.9 Å². The van der Waals surface area contributed by atoms with Crippen molar-refractivity contribution in [2.24, 2.45) is 5.92 Å². The molecule has 2 heterocycles. The predicted octanol–water partition coefficient (Wildman–Crippen LogP) is 7.45. The van der Waals surface area contributed by atoms with Crippen LogP contribution in [0.4, 0.5) is 11.6 Å². The van der Waals surface area contributed by atoms with Gasteiger partial charge in [0.2, 0.25) is 11.9 Å². The maximum atomic E-state index is 13.4. The summed E-state index contributed by atoms with van der Waals surface area (Å²) in [4.78, 5) is 38.7. The number of nitrogens with zero attached hydrogens (tertiary/aromatic N) is 3. The van der Waals surface area contributed by atoms with Crippen molar-refractivity contribution in [1.82, 2.24) is 9.97 Å². The monoisotopic (exact) mass is 604 g/mol. The lowest BCUT2D eigenvalue weighted by Gasteiger charge is -2.32. The fourth-order valence-electron chi connectivity index (χ4n) is 5.32. The maximum Gasteiger partial charge on any atom is 0.227 e. The molecular weight excluding hydrogens is 576 g/mol. The second-order valence-corrected chi connectivity index (χ2v) is 11.3. The first-order valence-electron chi connectivity index (χ1n) is 13.8. The molecule has 0 unspecified atom stereocenters. The highest BCUT2D eigenvalue weighted by atomic mass is 79.9. The van der Waals surface area contributed by atoms with Crippen molar-refractivity contribution in [1.29, 1.82) is 0 Å². The van der Waals surface area contributed by atoms with Crippen LogP contribution in [0.25, 0.3) is 22.2 Å². The molecule has 1 saturated heterocycles. The van der Waals surface area contributed by atoms with Gasteiger partial charge < -0.3 is 10.2 Å². The van der Waals surface area contributed by atoms with Crippen LogP contribution in [-0.2, 0) is 4.79 Å². The minimum Gasteiger partial charge on any atom is -0.341 e. The number of carbonyl (C=O) groups is 2. The third-order valence-electron chi connectivity index (χ3n) is 7.56. The number of anilines is 2. The van der Waals surface area contributed by atoms with E-state index in [2.05, 4.69) is 63.4 Å². The molecule has 0 radical (unpaired) electrons. The quantitative estimate of drug-likeness (QED) is 0.204. The van der Waals surface area contributed by atoms with Crippen LogP contribution in [0.3, 0.4) is 0 Å². The van der Waals surface area contributed by atoms with Crippen LogP contribution < -0.4 is 10.2 Å². The van der Waals surface area contributed by atoms with Crippen molar-refractivity contribution in [2.45, 2.75) is 19.8 Å². The number of aromatic nitrogens is 2. The molecule has 0 atom stereocenters. The second-order valence-electron chi connectivity index (χ2n) is 10.4. The molecule has 0 aliphatic carbocycles. The van der Waals surface area contributed by atoms with Gasteiger partial charge in [-0.1, -0.05) is 88.2 Å². The molecular formula is C34H29BrN4O2. The molecule has 41 heavy (non-hydrogen) atoms. The first-order chi connectivity index (χ1) is 20.0. The highest BCUT2D eigenvalue weighted by Gasteiger charge is 2.28. The Morgan fingerprint density at radius 1 is 0.854 bits per heavy atom. The average molecular weight is 606 g/mol. The van der Waals surface area contributed by atoms with Crippen LogP contribution >= 0.6 is 15.9 Å². The molecule has 0 saturated carbocycles. The van der Waals surface area contributed by atoms with E-state index < -0.39 is 0 Å². The van der Waals surface area contributed by atoms with Crippen molar-refractivity contribution in [3.05, 3.63) is 118 Å². The zero-order valence-electron chi connectivity index (χ0n) is 22.7. The summed E-state index contributed by atoms with van der Waals surface area (Å²) < 4.78 is 0.781. The maximum absolute atomic E-state index is 13.4. The smallest absolute Gasteiger partial charge is 0.227 e. The molecule has 5 aromatic rings. The normalized spacial score (nSPS) is 13.8. The van der Waals surface area contributed by atoms with Gasteiger partial charge in [0.15, 0.2) is 5.78 Å². The van der Waals surface area contributed by atoms with E-state index in [9.17, 15) is 9.59 Å². The summed E-state index contributed by atoms with van der Waals surface area (Å²) in [5.74, 6) is 0.304. The number of hydrogen-bond donors (Lipinski definition) is 1. The number of rotatable bonds is 6. The molecule has 1 amide bonds. The number of benzene rings is 4. The molecule has 204 valence electrons. The van der Waals surface area contributed by atoms with E-state index in [1.54, 1.807) is 24.3 Å². The van der Waals surface area contributed by atoms with Gasteiger partial charge in [-0.15, -0.1) is 0 Å². The number of aryl methyl sites for hydroxylation is 1. The Hall–Kier alpha value is -4.36. The van der Waals surface area contributed by atoms with Crippen LogP contribution in [-0.4, -0.2) is 34.7 Å². The highest BCUT2D eigenvalue weighted by Crippen LogP contribution is 2.31. The lowest BCUT2D eigenvalue weighted by molar-refractivity contribution is -0.120. The first kappa shape index (κ1) is 26.8. The van der Waals surface area contributed by atoms with Crippen molar-refractivity contribution >= 4 is 50.2 Å². The summed E-state index contributed by atoms with van der Waals surface area (Å²) in [5.41, 5.74) is 5.60. The first-order valence-corrected chi connectivity index (χ1v) is 14.5.